The minimum absolute atomic E-state index is 0.154. The number of pyridine rings is 1. The summed E-state index contributed by atoms with van der Waals surface area (Å²) in [4.78, 5) is 20.4. The van der Waals surface area contributed by atoms with Gasteiger partial charge in [0.15, 0.2) is 0 Å². The van der Waals surface area contributed by atoms with Gasteiger partial charge in [-0.1, -0.05) is 6.08 Å². The lowest BCUT2D eigenvalue weighted by Gasteiger charge is -2.33. The SMILES string of the molecule is CC(C)(C)OC(=O)N1CCC(COc2ccc(C3=CCC(C(O)N4CC[C@H](F)C4)CC3)cn2)CC1. The summed E-state index contributed by atoms with van der Waals surface area (Å²) < 4.78 is 24.9. The number of piperidine rings is 1. The van der Waals surface area contributed by atoms with Crippen molar-refractivity contribution >= 4 is 11.7 Å². The smallest absolute Gasteiger partial charge is 0.410 e. The van der Waals surface area contributed by atoms with E-state index in [4.69, 9.17) is 9.47 Å². The van der Waals surface area contributed by atoms with Gasteiger partial charge in [-0.3, -0.25) is 4.90 Å². The van der Waals surface area contributed by atoms with Gasteiger partial charge in [0.25, 0.3) is 0 Å². The number of ether oxygens (including phenoxy) is 2. The van der Waals surface area contributed by atoms with E-state index in [9.17, 15) is 14.3 Å². The molecule has 1 aliphatic carbocycles. The Kier molecular flexibility index (Phi) is 8.32. The van der Waals surface area contributed by atoms with Crippen LogP contribution in [0, 0.1) is 11.8 Å². The highest BCUT2D eigenvalue weighted by Crippen LogP contribution is 2.34. The summed E-state index contributed by atoms with van der Waals surface area (Å²) in [5.41, 5.74) is 1.85. The van der Waals surface area contributed by atoms with Crippen molar-refractivity contribution in [3.05, 3.63) is 30.0 Å². The van der Waals surface area contributed by atoms with E-state index in [2.05, 4.69) is 11.1 Å². The van der Waals surface area contributed by atoms with Crippen LogP contribution in [0.1, 0.15) is 64.9 Å². The van der Waals surface area contributed by atoms with Crippen LogP contribution in [0.5, 0.6) is 5.88 Å². The number of allylic oxidation sites excluding steroid dienone is 2. The minimum atomic E-state index is -0.809. The van der Waals surface area contributed by atoms with E-state index in [0.29, 0.717) is 51.0 Å². The molecule has 194 valence electrons. The standard InChI is InChI=1S/C27H40FN3O4/c1-27(2,3)35-26(33)30-13-10-19(11-14-30)18-34-24-9-8-22(16-29-24)20-4-6-21(7-5-20)25(32)31-15-12-23(28)17-31/h4,8-9,16,19,21,23,25,32H,5-7,10-15,17-18H2,1-3H3/t21?,23-,25?/m0/s1. The van der Waals surface area contributed by atoms with Crippen LogP contribution in [0.3, 0.4) is 0 Å². The Morgan fingerprint density at radius 3 is 2.54 bits per heavy atom. The van der Waals surface area contributed by atoms with E-state index in [0.717, 1.165) is 37.7 Å². The highest BCUT2D eigenvalue weighted by molar-refractivity contribution is 5.68. The third-order valence-electron chi connectivity index (χ3n) is 7.25. The zero-order valence-electron chi connectivity index (χ0n) is 21.3. The maximum Gasteiger partial charge on any atom is 0.410 e. The molecule has 35 heavy (non-hydrogen) atoms. The van der Waals surface area contributed by atoms with Gasteiger partial charge >= 0.3 is 6.09 Å². The number of aliphatic hydroxyl groups excluding tert-OH is 1. The number of alkyl halides is 1. The van der Waals surface area contributed by atoms with E-state index in [1.54, 1.807) is 4.90 Å². The van der Waals surface area contributed by atoms with Gasteiger partial charge < -0.3 is 19.5 Å². The number of likely N-dealkylation sites (tertiary alicyclic amines) is 2. The summed E-state index contributed by atoms with van der Waals surface area (Å²) in [7, 11) is 0. The summed E-state index contributed by atoms with van der Waals surface area (Å²) in [5, 5.41) is 10.6. The molecule has 2 aliphatic heterocycles. The lowest BCUT2D eigenvalue weighted by atomic mass is 9.85. The van der Waals surface area contributed by atoms with Crippen molar-refractivity contribution in [3.63, 3.8) is 0 Å². The number of carbonyl (C=O) groups is 1. The number of nitrogens with zero attached hydrogens (tertiary/aromatic N) is 3. The molecule has 3 aliphatic rings. The van der Waals surface area contributed by atoms with Crippen LogP contribution in [-0.4, -0.2) is 76.8 Å². The molecule has 1 aromatic heterocycles. The van der Waals surface area contributed by atoms with Gasteiger partial charge in [-0.15, -0.1) is 0 Å². The van der Waals surface area contributed by atoms with Gasteiger partial charge in [0.05, 0.1) is 6.61 Å². The minimum Gasteiger partial charge on any atom is -0.477 e. The van der Waals surface area contributed by atoms with Crippen LogP contribution in [-0.2, 0) is 4.74 Å². The van der Waals surface area contributed by atoms with E-state index >= 15 is 0 Å². The van der Waals surface area contributed by atoms with Crippen molar-refractivity contribution < 1.29 is 23.8 Å². The molecule has 2 fully saturated rings. The summed E-state index contributed by atoms with van der Waals surface area (Å²) >= 11 is 0. The number of hydrogen-bond acceptors (Lipinski definition) is 6. The lowest BCUT2D eigenvalue weighted by molar-refractivity contribution is -0.0317. The quantitative estimate of drug-likeness (QED) is 0.627. The fraction of sp³-hybridized carbons (Fsp3) is 0.704. The molecule has 0 spiro atoms. The molecule has 4 rings (SSSR count). The number of hydrogen-bond donors (Lipinski definition) is 1. The monoisotopic (exact) mass is 489 g/mol. The number of carbonyl (C=O) groups excluding carboxylic acids is 1. The highest BCUT2D eigenvalue weighted by atomic mass is 19.1. The first kappa shape index (κ1) is 25.9. The molecule has 3 heterocycles. The van der Waals surface area contributed by atoms with E-state index in [-0.39, 0.29) is 12.0 Å². The van der Waals surface area contributed by atoms with Gasteiger partial charge in [0, 0.05) is 44.4 Å². The Labute approximate surface area is 208 Å². The largest absolute Gasteiger partial charge is 0.477 e. The topological polar surface area (TPSA) is 75.1 Å². The molecule has 0 aromatic carbocycles. The molecule has 0 bridgehead atoms. The second-order valence-corrected chi connectivity index (χ2v) is 11.2. The molecule has 2 unspecified atom stereocenters. The number of halogens is 1. The number of amides is 1. The molecule has 1 aromatic rings. The summed E-state index contributed by atoms with van der Waals surface area (Å²) in [5.74, 6) is 1.16. The molecule has 0 radical (unpaired) electrons. The van der Waals surface area contributed by atoms with Gasteiger partial charge in [-0.25, -0.2) is 14.2 Å². The van der Waals surface area contributed by atoms with Crippen LogP contribution in [0.4, 0.5) is 9.18 Å². The first-order valence-corrected chi connectivity index (χ1v) is 13.0. The van der Waals surface area contributed by atoms with Crippen molar-refractivity contribution in [3.8, 4) is 5.88 Å². The number of aromatic nitrogens is 1. The van der Waals surface area contributed by atoms with Crippen LogP contribution >= 0.6 is 0 Å². The Bertz CT molecular complexity index is 877. The van der Waals surface area contributed by atoms with E-state index < -0.39 is 18.0 Å². The zero-order valence-corrected chi connectivity index (χ0v) is 21.3. The molecular formula is C27H40FN3O4. The zero-order chi connectivity index (χ0) is 25.0. The van der Waals surface area contributed by atoms with Gasteiger partial charge in [0.2, 0.25) is 5.88 Å². The fourth-order valence-corrected chi connectivity index (χ4v) is 5.14. The number of aliphatic hydroxyl groups is 1. The molecular weight excluding hydrogens is 449 g/mol. The van der Waals surface area contributed by atoms with Crippen LogP contribution in [0.15, 0.2) is 24.4 Å². The fourth-order valence-electron chi connectivity index (χ4n) is 5.14. The van der Waals surface area contributed by atoms with Crippen LogP contribution in [0.25, 0.3) is 5.57 Å². The molecule has 3 atom stereocenters. The number of rotatable bonds is 6. The van der Waals surface area contributed by atoms with Crippen molar-refractivity contribution in [1.82, 2.24) is 14.8 Å². The molecule has 0 saturated carbocycles. The maximum absolute atomic E-state index is 13.5. The summed E-state index contributed by atoms with van der Waals surface area (Å²) in [6, 6.07) is 3.96. The lowest BCUT2D eigenvalue weighted by Crippen LogP contribution is -2.42. The molecule has 1 N–H and O–H groups in total. The van der Waals surface area contributed by atoms with Crippen molar-refractivity contribution in [2.75, 3.05) is 32.8 Å². The molecule has 7 nitrogen and oxygen atoms in total. The third-order valence-corrected chi connectivity index (χ3v) is 7.25. The van der Waals surface area contributed by atoms with E-state index in [1.165, 1.54) is 5.57 Å². The predicted molar refractivity (Wildman–Crippen MR) is 133 cm³/mol. The average molecular weight is 490 g/mol. The normalized spacial score (nSPS) is 25.3. The van der Waals surface area contributed by atoms with Crippen molar-refractivity contribution in [2.45, 2.75) is 77.3 Å². The Hall–Kier alpha value is -2.19. The maximum atomic E-state index is 13.5. The molecule has 2 saturated heterocycles. The first-order valence-electron chi connectivity index (χ1n) is 13.0. The summed E-state index contributed by atoms with van der Waals surface area (Å²) in [6.45, 7) is 8.60. The Morgan fingerprint density at radius 2 is 1.97 bits per heavy atom. The van der Waals surface area contributed by atoms with Crippen molar-refractivity contribution in [2.24, 2.45) is 11.8 Å². The summed E-state index contributed by atoms with van der Waals surface area (Å²) in [6.07, 6.45) is 7.31. The molecule has 1 amide bonds. The predicted octanol–water partition coefficient (Wildman–Crippen LogP) is 4.65. The van der Waals surface area contributed by atoms with E-state index in [1.807, 2.05) is 44.0 Å². The van der Waals surface area contributed by atoms with Gasteiger partial charge in [-0.05, 0) is 82.4 Å². The van der Waals surface area contributed by atoms with Gasteiger partial charge in [0.1, 0.15) is 18.0 Å². The molecule has 8 heteroatoms. The third kappa shape index (κ3) is 7.17. The first-order chi connectivity index (χ1) is 16.7. The second kappa shape index (κ2) is 11.2. The Balaban J connectivity index is 1.20. The van der Waals surface area contributed by atoms with Crippen molar-refractivity contribution in [1.29, 1.82) is 0 Å². The highest BCUT2D eigenvalue weighted by Gasteiger charge is 2.32. The van der Waals surface area contributed by atoms with Gasteiger partial charge in [-0.2, -0.15) is 0 Å². The average Bonchev–Trinajstić information content (AvgIpc) is 3.28. The van der Waals surface area contributed by atoms with Crippen LogP contribution in [0.2, 0.25) is 0 Å². The Morgan fingerprint density at radius 1 is 1.20 bits per heavy atom. The second-order valence-electron chi connectivity index (χ2n) is 11.2. The van der Waals surface area contributed by atoms with Crippen LogP contribution < -0.4 is 4.74 Å².